The highest BCUT2D eigenvalue weighted by atomic mass is 16.5. The fourth-order valence-electron chi connectivity index (χ4n) is 3.69. The van der Waals surface area contributed by atoms with Crippen molar-refractivity contribution >= 4 is 28.8 Å². The number of hydrogen-bond acceptors (Lipinski definition) is 7. The van der Waals surface area contributed by atoms with Gasteiger partial charge in [0.25, 0.3) is 0 Å². The van der Waals surface area contributed by atoms with Crippen LogP contribution in [-0.4, -0.2) is 22.5 Å². The summed E-state index contributed by atoms with van der Waals surface area (Å²) in [5, 5.41) is 11.4. The average molecular weight is 414 g/mol. The number of ketones is 1. The highest BCUT2D eigenvalue weighted by Gasteiger charge is 2.34. The molecule has 0 saturated carbocycles. The number of hydrogen-bond donors (Lipinski definition) is 1. The lowest BCUT2D eigenvalue weighted by molar-refractivity contribution is -0.146. The fourth-order valence-corrected chi connectivity index (χ4v) is 3.69. The second-order valence-corrected chi connectivity index (χ2v) is 7.91. The number of ether oxygens (including phenoxy) is 2. The molecule has 0 bridgehead atoms. The number of phenolic OH excluding ortho intramolecular Hbond substituents is 1. The van der Waals surface area contributed by atoms with E-state index in [4.69, 9.17) is 13.9 Å². The van der Waals surface area contributed by atoms with Gasteiger partial charge in [-0.2, -0.15) is 0 Å². The predicted molar refractivity (Wildman–Crippen MR) is 112 cm³/mol. The van der Waals surface area contributed by atoms with Crippen molar-refractivity contribution in [3.8, 4) is 11.5 Å². The Morgan fingerprint density at radius 3 is 2.57 bits per heavy atom. The minimum atomic E-state index is -0.780. The Hall–Kier alpha value is -3.09. The van der Waals surface area contributed by atoms with Crippen LogP contribution in [0.4, 0.5) is 0 Å². The molecule has 0 amide bonds. The second-order valence-electron chi connectivity index (χ2n) is 7.91. The van der Waals surface area contributed by atoms with Crippen molar-refractivity contribution in [1.29, 1.82) is 0 Å². The zero-order valence-electron chi connectivity index (χ0n) is 17.8. The summed E-state index contributed by atoms with van der Waals surface area (Å²) in [7, 11) is 0. The number of phenols is 1. The third-order valence-electron chi connectivity index (χ3n) is 4.98. The van der Waals surface area contributed by atoms with E-state index >= 15 is 0 Å². The number of benzene rings is 1. The van der Waals surface area contributed by atoms with Gasteiger partial charge in [-0.05, 0) is 38.8 Å². The van der Waals surface area contributed by atoms with Crippen molar-refractivity contribution in [2.45, 2.75) is 65.6 Å². The zero-order valence-corrected chi connectivity index (χ0v) is 17.8. The third-order valence-corrected chi connectivity index (χ3v) is 4.98. The molecule has 1 aliphatic rings. The van der Waals surface area contributed by atoms with Gasteiger partial charge in [0.2, 0.25) is 0 Å². The van der Waals surface area contributed by atoms with Crippen LogP contribution in [-0.2, 0) is 9.53 Å². The van der Waals surface area contributed by atoms with Gasteiger partial charge in [0.1, 0.15) is 28.8 Å². The first-order valence-electron chi connectivity index (χ1n) is 10.0. The lowest BCUT2D eigenvalue weighted by Gasteiger charge is -2.30. The normalized spacial score (nSPS) is 15.4. The number of rotatable bonds is 6. The van der Waals surface area contributed by atoms with Crippen LogP contribution in [0.15, 0.2) is 21.4 Å². The first-order valence-corrected chi connectivity index (χ1v) is 10.0. The van der Waals surface area contributed by atoms with E-state index in [9.17, 15) is 19.5 Å². The zero-order chi connectivity index (χ0) is 22.2. The molecule has 1 atom stereocenters. The Balaban J connectivity index is 2.45. The smallest absolute Gasteiger partial charge is 0.336 e. The van der Waals surface area contributed by atoms with E-state index in [1.54, 1.807) is 19.1 Å². The maximum atomic E-state index is 12.9. The molecule has 30 heavy (non-hydrogen) atoms. The van der Waals surface area contributed by atoms with E-state index in [2.05, 4.69) is 0 Å². The van der Waals surface area contributed by atoms with Gasteiger partial charge in [0.05, 0.1) is 10.9 Å². The number of fused-ring (bicyclic) bond motifs is 3. The van der Waals surface area contributed by atoms with Gasteiger partial charge in [-0.3, -0.25) is 9.59 Å². The molecular formula is C23H26O7. The minimum absolute atomic E-state index is 0.0459. The molecule has 1 aromatic carbocycles. The summed E-state index contributed by atoms with van der Waals surface area (Å²) in [6.07, 6.45) is 3.90. The molecule has 0 saturated heterocycles. The third kappa shape index (κ3) is 3.84. The van der Waals surface area contributed by atoms with E-state index < -0.39 is 23.3 Å². The first-order chi connectivity index (χ1) is 14.1. The largest absolute Gasteiger partial charge is 0.506 e. The molecule has 2 heterocycles. The molecule has 0 spiro atoms. The van der Waals surface area contributed by atoms with Crippen LogP contribution >= 0.6 is 0 Å². The van der Waals surface area contributed by atoms with Gasteiger partial charge < -0.3 is 19.0 Å². The molecular weight excluding hydrogens is 388 g/mol. The molecule has 1 aromatic heterocycles. The van der Waals surface area contributed by atoms with Crippen LogP contribution < -0.4 is 10.4 Å². The van der Waals surface area contributed by atoms with E-state index in [1.807, 2.05) is 20.8 Å². The summed E-state index contributed by atoms with van der Waals surface area (Å²) in [6, 6.07) is 1.19. The molecule has 7 heteroatoms. The molecule has 2 aromatic rings. The van der Waals surface area contributed by atoms with Crippen molar-refractivity contribution in [3.63, 3.8) is 0 Å². The molecule has 1 N–H and O–H groups in total. The SMILES string of the molecule is CCCC(=O)c1c2c(c3oc(=O)cc(C(CC)OC(C)=O)c3c1O)C=CC(C)(C)O2. The number of carbonyl (C=O) groups excluding carboxylic acids is 2. The Morgan fingerprint density at radius 1 is 1.27 bits per heavy atom. The lowest BCUT2D eigenvalue weighted by atomic mass is 9.91. The number of esters is 1. The molecule has 0 fully saturated rings. The monoisotopic (exact) mass is 414 g/mol. The number of Topliss-reactive ketones (excluding diaryl/α,β-unsaturated/α-hetero) is 1. The minimum Gasteiger partial charge on any atom is -0.506 e. The predicted octanol–water partition coefficient (Wildman–Crippen LogP) is 4.68. The molecule has 0 aliphatic carbocycles. The van der Waals surface area contributed by atoms with Gasteiger partial charge >= 0.3 is 11.6 Å². The second kappa shape index (κ2) is 7.97. The van der Waals surface area contributed by atoms with Crippen LogP contribution in [0.5, 0.6) is 11.5 Å². The maximum absolute atomic E-state index is 12.9. The number of aromatic hydroxyl groups is 1. The van der Waals surface area contributed by atoms with Gasteiger partial charge in [-0.15, -0.1) is 0 Å². The summed E-state index contributed by atoms with van der Waals surface area (Å²) >= 11 is 0. The average Bonchev–Trinajstić information content (AvgIpc) is 2.64. The Morgan fingerprint density at radius 2 is 1.97 bits per heavy atom. The van der Waals surface area contributed by atoms with Crippen LogP contribution in [0.2, 0.25) is 0 Å². The quantitative estimate of drug-likeness (QED) is 0.416. The summed E-state index contributed by atoms with van der Waals surface area (Å²) in [4.78, 5) is 36.9. The summed E-state index contributed by atoms with van der Waals surface area (Å²) in [5.41, 5.74) is -0.535. The lowest BCUT2D eigenvalue weighted by Crippen LogP contribution is -2.29. The van der Waals surface area contributed by atoms with Gasteiger partial charge in [-0.25, -0.2) is 4.79 Å². The molecule has 7 nitrogen and oxygen atoms in total. The highest BCUT2D eigenvalue weighted by Crippen LogP contribution is 2.47. The van der Waals surface area contributed by atoms with E-state index in [1.165, 1.54) is 13.0 Å². The van der Waals surface area contributed by atoms with Gasteiger partial charge in [-0.1, -0.05) is 13.8 Å². The molecule has 160 valence electrons. The van der Waals surface area contributed by atoms with Crippen LogP contribution in [0.3, 0.4) is 0 Å². The summed E-state index contributed by atoms with van der Waals surface area (Å²) in [6.45, 7) is 8.57. The van der Waals surface area contributed by atoms with Crippen LogP contribution in [0.25, 0.3) is 17.0 Å². The maximum Gasteiger partial charge on any atom is 0.336 e. The van der Waals surface area contributed by atoms with Crippen molar-refractivity contribution in [2.75, 3.05) is 0 Å². The van der Waals surface area contributed by atoms with Crippen molar-refractivity contribution in [3.05, 3.63) is 39.3 Å². The van der Waals surface area contributed by atoms with Crippen molar-refractivity contribution in [1.82, 2.24) is 0 Å². The van der Waals surface area contributed by atoms with Crippen molar-refractivity contribution < 1.29 is 28.6 Å². The summed E-state index contributed by atoms with van der Waals surface area (Å²) in [5.74, 6) is -0.950. The molecule has 3 rings (SSSR count). The standard InChI is InChI=1S/C23H26O7/c1-6-8-15(25)19-20(27)18-14(16(7-2)28-12(3)24)11-17(26)29-21(18)13-9-10-23(4,5)30-22(13)19/h9-11,16,27H,6-8H2,1-5H3. The molecule has 0 radical (unpaired) electrons. The van der Waals surface area contributed by atoms with Gasteiger partial charge in [0.15, 0.2) is 11.4 Å². The highest BCUT2D eigenvalue weighted by molar-refractivity contribution is 6.10. The topological polar surface area (TPSA) is 103 Å². The first kappa shape index (κ1) is 21.6. The molecule has 1 aliphatic heterocycles. The van der Waals surface area contributed by atoms with E-state index in [-0.39, 0.29) is 40.2 Å². The summed E-state index contributed by atoms with van der Waals surface area (Å²) < 4.78 is 16.8. The van der Waals surface area contributed by atoms with E-state index in [0.29, 0.717) is 24.0 Å². The molecule has 1 unspecified atom stereocenters. The van der Waals surface area contributed by atoms with Crippen LogP contribution in [0, 0.1) is 0 Å². The van der Waals surface area contributed by atoms with Crippen molar-refractivity contribution in [2.24, 2.45) is 0 Å². The number of carbonyl (C=O) groups is 2. The van der Waals surface area contributed by atoms with E-state index in [0.717, 1.165) is 0 Å². The Bertz CT molecular complexity index is 1100. The Labute approximate surface area is 174 Å². The Kier molecular flexibility index (Phi) is 5.74. The van der Waals surface area contributed by atoms with Crippen LogP contribution in [0.1, 0.15) is 81.5 Å². The van der Waals surface area contributed by atoms with Gasteiger partial charge in [0, 0.05) is 25.0 Å². The fraction of sp³-hybridized carbons (Fsp3) is 0.435.